The van der Waals surface area contributed by atoms with Crippen LogP contribution in [-0.2, 0) is 0 Å². The molecule has 1 aliphatic rings. The van der Waals surface area contributed by atoms with Crippen LogP contribution in [0.25, 0.3) is 0 Å². The van der Waals surface area contributed by atoms with Crippen LogP contribution in [0.3, 0.4) is 0 Å². The summed E-state index contributed by atoms with van der Waals surface area (Å²) >= 11 is 0. The van der Waals surface area contributed by atoms with E-state index in [1.165, 1.54) is 19.4 Å². The second-order valence-electron chi connectivity index (χ2n) is 5.05. The molecule has 0 bridgehead atoms. The van der Waals surface area contributed by atoms with E-state index in [1.54, 1.807) is 0 Å². The molecule has 1 nitrogen and oxygen atoms in total. The molecule has 0 unspecified atom stereocenters. The maximum Gasteiger partial charge on any atom is 0.0227 e. The van der Waals surface area contributed by atoms with Crippen molar-refractivity contribution in [3.05, 3.63) is 0 Å². The topological polar surface area (TPSA) is 3.24 Å². The maximum atomic E-state index is 2.51. The average molecular weight is 155 g/mol. The largest absolute Gasteiger partial charge is 0.300 e. The van der Waals surface area contributed by atoms with Crippen LogP contribution in [0, 0.1) is 5.41 Å². The fraction of sp³-hybridized carbons (Fsp3) is 1.00. The molecule has 0 N–H and O–H groups in total. The van der Waals surface area contributed by atoms with Crippen molar-refractivity contribution in [3.8, 4) is 0 Å². The van der Waals surface area contributed by atoms with Gasteiger partial charge in [0.25, 0.3) is 0 Å². The molecule has 0 spiro atoms. The molecule has 0 aromatic rings. The minimum absolute atomic E-state index is 0.415. The molecule has 1 heterocycles. The molecule has 0 amide bonds. The first-order valence-corrected chi connectivity index (χ1v) is 4.59. The Morgan fingerprint density at radius 3 is 2.00 bits per heavy atom. The standard InChI is InChI=1S/C10H21N/c1-9(2,3)10(4)7-6-8-11(10)5/h6-8H2,1-5H3/t10-/m0/s1. The van der Waals surface area contributed by atoms with E-state index in [4.69, 9.17) is 0 Å². The molecule has 0 saturated carbocycles. The SMILES string of the molecule is CN1CCC[C@@]1(C)C(C)(C)C. The molecule has 0 radical (unpaired) electrons. The van der Waals surface area contributed by atoms with Gasteiger partial charge in [0, 0.05) is 5.54 Å². The Morgan fingerprint density at radius 2 is 1.82 bits per heavy atom. The van der Waals surface area contributed by atoms with Gasteiger partial charge in [-0.1, -0.05) is 20.8 Å². The molecule has 0 aromatic carbocycles. The van der Waals surface area contributed by atoms with E-state index in [2.05, 4.69) is 39.6 Å². The third-order valence-electron chi connectivity index (χ3n) is 3.62. The summed E-state index contributed by atoms with van der Waals surface area (Å²) in [7, 11) is 2.25. The van der Waals surface area contributed by atoms with Gasteiger partial charge in [-0.15, -0.1) is 0 Å². The Bertz CT molecular complexity index is 145. The van der Waals surface area contributed by atoms with Gasteiger partial charge < -0.3 is 4.90 Å². The van der Waals surface area contributed by atoms with Crippen molar-refractivity contribution >= 4 is 0 Å². The molecule has 1 atom stereocenters. The van der Waals surface area contributed by atoms with Crippen molar-refractivity contribution in [3.63, 3.8) is 0 Å². The highest BCUT2D eigenvalue weighted by molar-refractivity contribution is 4.98. The Labute approximate surface area is 70.8 Å². The molecule has 1 rings (SSSR count). The predicted octanol–water partition coefficient (Wildman–Crippen LogP) is 2.52. The van der Waals surface area contributed by atoms with Crippen molar-refractivity contribution in [2.45, 2.75) is 46.1 Å². The summed E-state index contributed by atoms with van der Waals surface area (Å²) in [4.78, 5) is 2.51. The van der Waals surface area contributed by atoms with E-state index in [0.717, 1.165) is 0 Å². The first kappa shape index (κ1) is 9.05. The Kier molecular flexibility index (Phi) is 2.04. The number of nitrogens with zero attached hydrogens (tertiary/aromatic N) is 1. The molecule has 1 saturated heterocycles. The molecule has 11 heavy (non-hydrogen) atoms. The van der Waals surface area contributed by atoms with E-state index in [1.807, 2.05) is 0 Å². The van der Waals surface area contributed by atoms with Crippen LogP contribution in [0.4, 0.5) is 0 Å². The van der Waals surface area contributed by atoms with E-state index in [-0.39, 0.29) is 0 Å². The molecule has 1 fully saturated rings. The molecule has 1 heteroatoms. The maximum absolute atomic E-state index is 2.51. The van der Waals surface area contributed by atoms with E-state index in [0.29, 0.717) is 11.0 Å². The van der Waals surface area contributed by atoms with Crippen LogP contribution in [0.5, 0.6) is 0 Å². The van der Waals surface area contributed by atoms with Gasteiger partial charge in [0.2, 0.25) is 0 Å². The van der Waals surface area contributed by atoms with Crippen molar-refractivity contribution in [2.24, 2.45) is 5.41 Å². The van der Waals surface area contributed by atoms with E-state index in [9.17, 15) is 0 Å². The Morgan fingerprint density at radius 1 is 1.27 bits per heavy atom. The zero-order valence-corrected chi connectivity index (χ0v) is 8.57. The summed E-state index contributed by atoms with van der Waals surface area (Å²) in [5.41, 5.74) is 0.839. The highest BCUT2D eigenvalue weighted by Crippen LogP contribution is 2.41. The predicted molar refractivity (Wildman–Crippen MR) is 49.7 cm³/mol. The zero-order valence-electron chi connectivity index (χ0n) is 8.57. The Hall–Kier alpha value is -0.0400. The van der Waals surface area contributed by atoms with E-state index >= 15 is 0 Å². The summed E-state index contributed by atoms with van der Waals surface area (Å²) < 4.78 is 0. The second-order valence-corrected chi connectivity index (χ2v) is 5.05. The quantitative estimate of drug-likeness (QED) is 0.519. The number of hydrogen-bond acceptors (Lipinski definition) is 1. The molecule has 66 valence electrons. The first-order chi connectivity index (χ1) is 4.88. The van der Waals surface area contributed by atoms with Gasteiger partial charge >= 0.3 is 0 Å². The summed E-state index contributed by atoms with van der Waals surface area (Å²) in [6, 6.07) is 0. The van der Waals surface area contributed by atoms with Crippen molar-refractivity contribution in [2.75, 3.05) is 13.6 Å². The lowest BCUT2D eigenvalue weighted by atomic mass is 9.73. The molecular formula is C10H21N. The lowest BCUT2D eigenvalue weighted by Crippen LogP contribution is -2.48. The number of hydrogen-bond donors (Lipinski definition) is 0. The van der Waals surface area contributed by atoms with Gasteiger partial charge in [-0.25, -0.2) is 0 Å². The minimum atomic E-state index is 0.415. The first-order valence-electron chi connectivity index (χ1n) is 4.59. The molecular weight excluding hydrogens is 134 g/mol. The van der Waals surface area contributed by atoms with Crippen LogP contribution in [0.15, 0.2) is 0 Å². The normalized spacial score (nSPS) is 34.6. The van der Waals surface area contributed by atoms with Gasteiger partial charge in [0.1, 0.15) is 0 Å². The fourth-order valence-corrected chi connectivity index (χ4v) is 2.05. The van der Waals surface area contributed by atoms with Gasteiger partial charge in [-0.2, -0.15) is 0 Å². The smallest absolute Gasteiger partial charge is 0.0227 e. The highest BCUT2D eigenvalue weighted by atomic mass is 15.2. The average Bonchev–Trinajstić information content (AvgIpc) is 2.12. The summed E-state index contributed by atoms with van der Waals surface area (Å²) in [6.07, 6.45) is 2.72. The number of likely N-dealkylation sites (tertiary alicyclic amines) is 1. The Balaban J connectivity index is 2.81. The lowest BCUT2D eigenvalue weighted by molar-refractivity contribution is 0.0647. The summed E-state index contributed by atoms with van der Waals surface area (Å²) in [5, 5.41) is 0. The van der Waals surface area contributed by atoms with Crippen LogP contribution in [0.2, 0.25) is 0 Å². The highest BCUT2D eigenvalue weighted by Gasteiger charge is 2.43. The van der Waals surface area contributed by atoms with Crippen LogP contribution >= 0.6 is 0 Å². The monoisotopic (exact) mass is 155 g/mol. The minimum Gasteiger partial charge on any atom is -0.300 e. The second kappa shape index (κ2) is 2.48. The summed E-state index contributed by atoms with van der Waals surface area (Å²) in [6.45, 7) is 10.7. The van der Waals surface area contributed by atoms with Crippen LogP contribution < -0.4 is 0 Å². The van der Waals surface area contributed by atoms with Crippen LogP contribution in [0.1, 0.15) is 40.5 Å². The van der Waals surface area contributed by atoms with Gasteiger partial charge in [-0.05, 0) is 38.8 Å². The molecule has 0 aromatic heterocycles. The zero-order chi connectivity index (χ0) is 8.70. The van der Waals surface area contributed by atoms with Gasteiger partial charge in [0.05, 0.1) is 0 Å². The fourth-order valence-electron chi connectivity index (χ4n) is 2.05. The van der Waals surface area contributed by atoms with E-state index < -0.39 is 0 Å². The van der Waals surface area contributed by atoms with Gasteiger partial charge in [-0.3, -0.25) is 0 Å². The van der Waals surface area contributed by atoms with Gasteiger partial charge in [0.15, 0.2) is 0 Å². The van der Waals surface area contributed by atoms with Crippen molar-refractivity contribution in [1.82, 2.24) is 4.90 Å². The summed E-state index contributed by atoms with van der Waals surface area (Å²) in [5.74, 6) is 0. The van der Waals surface area contributed by atoms with Crippen molar-refractivity contribution in [1.29, 1.82) is 0 Å². The molecule has 1 aliphatic heterocycles. The number of rotatable bonds is 0. The lowest BCUT2D eigenvalue weighted by Gasteiger charge is -2.44. The third-order valence-corrected chi connectivity index (χ3v) is 3.62. The molecule has 0 aliphatic carbocycles. The third kappa shape index (κ3) is 1.31. The van der Waals surface area contributed by atoms with Crippen molar-refractivity contribution < 1.29 is 0 Å². The van der Waals surface area contributed by atoms with Crippen LogP contribution in [-0.4, -0.2) is 24.0 Å².